The Bertz CT molecular complexity index is 914. The van der Waals surface area contributed by atoms with Gasteiger partial charge in [-0.25, -0.2) is 4.98 Å². The third-order valence-electron chi connectivity index (χ3n) is 4.99. The smallest absolute Gasteiger partial charge is 0.232 e. The fourth-order valence-corrected chi connectivity index (χ4v) is 4.31. The van der Waals surface area contributed by atoms with Gasteiger partial charge < -0.3 is 15.1 Å². The first-order chi connectivity index (χ1) is 13.7. The van der Waals surface area contributed by atoms with Crippen LogP contribution in [0.3, 0.4) is 0 Å². The van der Waals surface area contributed by atoms with Crippen LogP contribution in [-0.2, 0) is 10.5 Å². The van der Waals surface area contributed by atoms with Crippen molar-refractivity contribution in [1.82, 2.24) is 9.88 Å². The summed E-state index contributed by atoms with van der Waals surface area (Å²) in [6.07, 6.45) is 1.66. The highest BCUT2D eigenvalue weighted by molar-refractivity contribution is 7.99. The molecule has 1 aromatic heterocycles. The molecule has 6 heteroatoms. The number of hydrogen-bond donors (Lipinski definition) is 1. The van der Waals surface area contributed by atoms with Gasteiger partial charge in [0.05, 0.1) is 11.4 Å². The van der Waals surface area contributed by atoms with E-state index in [0.29, 0.717) is 30.5 Å². The number of aromatic nitrogens is 1. The summed E-state index contributed by atoms with van der Waals surface area (Å²) in [6.45, 7) is 1.30. The highest BCUT2D eigenvalue weighted by atomic mass is 32.2. The number of rotatable bonds is 6. The monoisotopic (exact) mass is 393 g/mol. The van der Waals surface area contributed by atoms with E-state index in [1.807, 2.05) is 53.4 Å². The van der Waals surface area contributed by atoms with Crippen LogP contribution in [0.4, 0.5) is 0 Å². The zero-order valence-electron chi connectivity index (χ0n) is 15.5. The summed E-state index contributed by atoms with van der Waals surface area (Å²) >= 11 is 1.55. The first-order valence-corrected chi connectivity index (χ1v) is 10.5. The van der Waals surface area contributed by atoms with Crippen LogP contribution < -0.4 is 5.73 Å². The van der Waals surface area contributed by atoms with E-state index < -0.39 is 0 Å². The average molecular weight is 394 g/mol. The summed E-state index contributed by atoms with van der Waals surface area (Å²) in [5, 5.41) is 0. The van der Waals surface area contributed by atoms with Gasteiger partial charge in [-0.05, 0) is 17.7 Å². The Kier molecular flexibility index (Phi) is 5.78. The standard InChI is InChI=1S/C22H23N3O2S/c23-20-12-25(11-19(20)16-7-3-1-4-8-16)21(26)15-28-14-18-13-27-22(24-18)17-9-5-2-6-10-17/h1-10,13,19-20H,11-12,14-15,23H2/t19-,20+/m0/s1. The highest BCUT2D eigenvalue weighted by Crippen LogP contribution is 2.27. The molecule has 0 saturated carbocycles. The zero-order chi connectivity index (χ0) is 19.3. The second-order valence-corrected chi connectivity index (χ2v) is 7.97. The van der Waals surface area contributed by atoms with Crippen molar-refractivity contribution >= 4 is 17.7 Å². The fourth-order valence-electron chi connectivity index (χ4n) is 3.51. The van der Waals surface area contributed by atoms with Gasteiger partial charge in [-0.3, -0.25) is 4.79 Å². The van der Waals surface area contributed by atoms with Crippen LogP contribution in [0.2, 0.25) is 0 Å². The Hall–Kier alpha value is -2.57. The van der Waals surface area contributed by atoms with E-state index in [0.717, 1.165) is 11.3 Å². The SMILES string of the molecule is N[C@@H]1CN(C(=O)CSCc2coc(-c3ccccc3)n2)C[C@H]1c1ccccc1. The van der Waals surface area contributed by atoms with Crippen molar-refractivity contribution < 1.29 is 9.21 Å². The number of likely N-dealkylation sites (tertiary alicyclic amines) is 1. The molecule has 0 aliphatic carbocycles. The van der Waals surface area contributed by atoms with Gasteiger partial charge in [0.15, 0.2) is 0 Å². The highest BCUT2D eigenvalue weighted by Gasteiger charge is 2.33. The number of benzene rings is 2. The first kappa shape index (κ1) is 18.8. The Morgan fingerprint density at radius 1 is 1.11 bits per heavy atom. The molecular formula is C22H23N3O2S. The quantitative estimate of drug-likeness (QED) is 0.694. The third kappa shape index (κ3) is 4.29. The summed E-state index contributed by atoms with van der Waals surface area (Å²) in [5.41, 5.74) is 9.29. The number of nitrogens with two attached hydrogens (primary N) is 1. The molecule has 1 saturated heterocycles. The van der Waals surface area contributed by atoms with Crippen LogP contribution in [-0.4, -0.2) is 40.7 Å². The summed E-state index contributed by atoms with van der Waals surface area (Å²) in [6, 6.07) is 20.0. The van der Waals surface area contributed by atoms with Gasteiger partial charge >= 0.3 is 0 Å². The number of carbonyl (C=O) groups excluding carboxylic acids is 1. The summed E-state index contributed by atoms with van der Waals surface area (Å²) < 4.78 is 5.55. The number of amides is 1. The second-order valence-electron chi connectivity index (χ2n) is 6.98. The normalized spacial score (nSPS) is 19.1. The molecule has 3 aromatic rings. The number of thioether (sulfide) groups is 1. The van der Waals surface area contributed by atoms with Gasteiger partial charge in [0.2, 0.25) is 11.8 Å². The zero-order valence-corrected chi connectivity index (χ0v) is 16.3. The Labute approximate surface area is 168 Å². The number of hydrogen-bond acceptors (Lipinski definition) is 5. The van der Waals surface area contributed by atoms with Crippen molar-refractivity contribution in [2.45, 2.75) is 17.7 Å². The maximum Gasteiger partial charge on any atom is 0.232 e. The molecule has 0 radical (unpaired) electrons. The van der Waals surface area contributed by atoms with Crippen LogP contribution in [0.5, 0.6) is 0 Å². The van der Waals surface area contributed by atoms with Gasteiger partial charge in [0, 0.05) is 36.4 Å². The lowest BCUT2D eigenvalue weighted by atomic mass is 9.95. The van der Waals surface area contributed by atoms with Gasteiger partial charge in [-0.15, -0.1) is 11.8 Å². The molecule has 0 spiro atoms. The molecule has 0 bridgehead atoms. The van der Waals surface area contributed by atoms with Crippen molar-refractivity contribution in [3.8, 4) is 11.5 Å². The van der Waals surface area contributed by atoms with Crippen LogP contribution >= 0.6 is 11.8 Å². The van der Waals surface area contributed by atoms with Gasteiger partial charge in [-0.1, -0.05) is 48.5 Å². The summed E-state index contributed by atoms with van der Waals surface area (Å²) in [4.78, 5) is 19.0. The minimum Gasteiger partial charge on any atom is -0.444 e. The molecule has 2 atom stereocenters. The molecule has 1 amide bonds. The Morgan fingerprint density at radius 3 is 2.57 bits per heavy atom. The van der Waals surface area contributed by atoms with Crippen LogP contribution in [0, 0.1) is 0 Å². The third-order valence-corrected chi connectivity index (χ3v) is 5.94. The minimum absolute atomic E-state index is 0.0136. The lowest BCUT2D eigenvalue weighted by molar-refractivity contribution is -0.127. The largest absolute Gasteiger partial charge is 0.444 e. The molecule has 2 N–H and O–H groups in total. The van der Waals surface area contributed by atoms with Crippen molar-refractivity contribution in [2.24, 2.45) is 5.73 Å². The van der Waals surface area contributed by atoms with Crippen molar-refractivity contribution in [1.29, 1.82) is 0 Å². The molecule has 1 aliphatic heterocycles. The molecular weight excluding hydrogens is 370 g/mol. The van der Waals surface area contributed by atoms with Gasteiger partial charge in [-0.2, -0.15) is 0 Å². The molecule has 4 rings (SSSR count). The lowest BCUT2D eigenvalue weighted by Crippen LogP contribution is -2.33. The van der Waals surface area contributed by atoms with E-state index >= 15 is 0 Å². The molecule has 144 valence electrons. The van der Waals surface area contributed by atoms with E-state index in [1.165, 1.54) is 5.56 Å². The van der Waals surface area contributed by atoms with E-state index in [2.05, 4.69) is 17.1 Å². The Balaban J connectivity index is 1.28. The first-order valence-electron chi connectivity index (χ1n) is 9.36. The topological polar surface area (TPSA) is 72.4 Å². The maximum atomic E-state index is 12.6. The molecule has 1 aliphatic rings. The van der Waals surface area contributed by atoms with Gasteiger partial charge in [0.25, 0.3) is 0 Å². The number of carbonyl (C=O) groups is 1. The van der Waals surface area contributed by atoms with E-state index in [-0.39, 0.29) is 17.9 Å². The van der Waals surface area contributed by atoms with Gasteiger partial charge in [0.1, 0.15) is 6.26 Å². The fraction of sp³-hybridized carbons (Fsp3) is 0.273. The number of oxazole rings is 1. The van der Waals surface area contributed by atoms with E-state index in [4.69, 9.17) is 10.2 Å². The number of nitrogens with zero attached hydrogens (tertiary/aromatic N) is 2. The van der Waals surface area contributed by atoms with Crippen LogP contribution in [0.25, 0.3) is 11.5 Å². The lowest BCUT2D eigenvalue weighted by Gasteiger charge is -2.16. The molecule has 1 fully saturated rings. The van der Waals surface area contributed by atoms with E-state index in [1.54, 1.807) is 18.0 Å². The molecule has 28 heavy (non-hydrogen) atoms. The second kappa shape index (κ2) is 8.63. The summed E-state index contributed by atoms with van der Waals surface area (Å²) in [7, 11) is 0. The van der Waals surface area contributed by atoms with Crippen molar-refractivity contribution in [3.05, 3.63) is 78.2 Å². The average Bonchev–Trinajstić information content (AvgIpc) is 3.36. The van der Waals surface area contributed by atoms with Crippen LogP contribution in [0.15, 0.2) is 71.3 Å². The van der Waals surface area contributed by atoms with Crippen molar-refractivity contribution in [2.75, 3.05) is 18.8 Å². The predicted molar refractivity (Wildman–Crippen MR) is 112 cm³/mol. The predicted octanol–water partition coefficient (Wildman–Crippen LogP) is 3.53. The van der Waals surface area contributed by atoms with E-state index in [9.17, 15) is 4.79 Å². The molecule has 0 unspecified atom stereocenters. The van der Waals surface area contributed by atoms with Crippen molar-refractivity contribution in [3.63, 3.8) is 0 Å². The summed E-state index contributed by atoms with van der Waals surface area (Å²) in [5.74, 6) is 2.01. The molecule has 2 aromatic carbocycles. The molecule has 2 heterocycles. The Morgan fingerprint density at radius 2 is 1.82 bits per heavy atom. The minimum atomic E-state index is -0.0136. The van der Waals surface area contributed by atoms with Crippen LogP contribution in [0.1, 0.15) is 17.2 Å². The molecule has 5 nitrogen and oxygen atoms in total. The maximum absolute atomic E-state index is 12.6.